The molecular formula is C27H30N4S. The van der Waals surface area contributed by atoms with Gasteiger partial charge >= 0.3 is 0 Å². The molecule has 4 nitrogen and oxygen atoms in total. The summed E-state index contributed by atoms with van der Waals surface area (Å²) in [6.45, 7) is 8.69. The number of anilines is 3. The number of aromatic nitrogens is 2. The molecular weight excluding hydrogens is 412 g/mol. The fourth-order valence-electron chi connectivity index (χ4n) is 4.94. The topological polar surface area (TPSA) is 33.1 Å². The first kappa shape index (κ1) is 21.0. The molecule has 1 fully saturated rings. The predicted octanol–water partition coefficient (Wildman–Crippen LogP) is 7.11. The highest BCUT2D eigenvalue weighted by Crippen LogP contribution is 2.49. The van der Waals surface area contributed by atoms with Crippen LogP contribution < -0.4 is 10.2 Å². The predicted molar refractivity (Wildman–Crippen MR) is 135 cm³/mol. The molecule has 2 heterocycles. The molecule has 2 aromatic carbocycles. The van der Waals surface area contributed by atoms with Crippen molar-refractivity contribution < 1.29 is 0 Å². The van der Waals surface area contributed by atoms with Crippen LogP contribution in [0.2, 0.25) is 0 Å². The van der Waals surface area contributed by atoms with Crippen molar-refractivity contribution in [1.82, 2.24) is 9.78 Å². The number of para-hydroxylation sites is 1. The summed E-state index contributed by atoms with van der Waals surface area (Å²) in [5.74, 6) is 1.71. The highest BCUT2D eigenvalue weighted by molar-refractivity contribution is 7.99. The molecule has 0 saturated heterocycles. The number of aryl methyl sites for hydroxylation is 1. The minimum atomic E-state index is 0.216. The van der Waals surface area contributed by atoms with Gasteiger partial charge in [0.25, 0.3) is 0 Å². The van der Waals surface area contributed by atoms with E-state index in [1.807, 2.05) is 35.8 Å². The Morgan fingerprint density at radius 2 is 1.97 bits per heavy atom. The van der Waals surface area contributed by atoms with E-state index in [1.54, 1.807) is 0 Å². The fraction of sp³-hybridized carbons (Fsp3) is 0.296. The normalized spacial score (nSPS) is 18.2. The van der Waals surface area contributed by atoms with E-state index in [1.165, 1.54) is 38.7 Å². The second kappa shape index (κ2) is 8.55. The summed E-state index contributed by atoms with van der Waals surface area (Å²) in [4.78, 5) is 4.91. The molecule has 0 amide bonds. The van der Waals surface area contributed by atoms with E-state index in [0.29, 0.717) is 5.92 Å². The van der Waals surface area contributed by atoms with Crippen LogP contribution in [0, 0.1) is 5.92 Å². The Morgan fingerprint density at radius 1 is 1.16 bits per heavy atom. The molecule has 32 heavy (non-hydrogen) atoms. The van der Waals surface area contributed by atoms with Gasteiger partial charge in [-0.1, -0.05) is 48.7 Å². The van der Waals surface area contributed by atoms with E-state index < -0.39 is 0 Å². The summed E-state index contributed by atoms with van der Waals surface area (Å²) in [6.07, 6.45) is 6.53. The Morgan fingerprint density at radius 3 is 2.72 bits per heavy atom. The summed E-state index contributed by atoms with van der Waals surface area (Å²) in [6, 6.07) is 17.5. The lowest BCUT2D eigenvalue weighted by Gasteiger charge is -2.31. The van der Waals surface area contributed by atoms with E-state index in [2.05, 4.69) is 78.0 Å². The van der Waals surface area contributed by atoms with Gasteiger partial charge in [-0.05, 0) is 61.4 Å². The van der Waals surface area contributed by atoms with E-state index >= 15 is 0 Å². The number of allylic oxidation sites excluding steroid dienone is 2. The van der Waals surface area contributed by atoms with Gasteiger partial charge in [0.2, 0.25) is 0 Å². The molecule has 5 heteroatoms. The van der Waals surface area contributed by atoms with Crippen molar-refractivity contribution in [3.63, 3.8) is 0 Å². The van der Waals surface area contributed by atoms with Crippen molar-refractivity contribution in [3.05, 3.63) is 84.7 Å². The second-order valence-corrected chi connectivity index (χ2v) is 10.1. The molecule has 1 aliphatic carbocycles. The van der Waals surface area contributed by atoms with Gasteiger partial charge in [-0.25, -0.2) is 0 Å². The molecule has 1 N–H and O–H groups in total. The smallest absolute Gasteiger partial charge is 0.152 e. The van der Waals surface area contributed by atoms with E-state index in [9.17, 15) is 0 Å². The lowest BCUT2D eigenvalue weighted by atomic mass is 9.85. The van der Waals surface area contributed by atoms with Crippen LogP contribution in [0.4, 0.5) is 17.2 Å². The summed E-state index contributed by atoms with van der Waals surface area (Å²) in [5.41, 5.74) is 6.22. The Bertz CT molecular complexity index is 1180. The summed E-state index contributed by atoms with van der Waals surface area (Å²) in [7, 11) is 4.10. The number of hydrogen-bond donors (Lipinski definition) is 1. The van der Waals surface area contributed by atoms with E-state index in [4.69, 9.17) is 0 Å². The number of benzene rings is 2. The van der Waals surface area contributed by atoms with Crippen molar-refractivity contribution in [2.45, 2.75) is 41.4 Å². The average Bonchev–Trinajstić information content (AvgIpc) is 3.39. The van der Waals surface area contributed by atoms with Gasteiger partial charge in [-0.3, -0.25) is 4.68 Å². The van der Waals surface area contributed by atoms with Gasteiger partial charge in [0.1, 0.15) is 0 Å². The molecule has 2 unspecified atom stereocenters. The SMILES string of the molecule is C=C1CCC(CC(C(=C)Nc2ccn(C)n2)c2ccc3c(c2)N(C)c2ccccc2S3)C1. The van der Waals surface area contributed by atoms with Crippen LogP contribution in [-0.4, -0.2) is 16.8 Å². The third kappa shape index (κ3) is 4.09. The number of fused-ring (bicyclic) bond motifs is 2. The molecule has 1 aromatic heterocycles. The van der Waals surface area contributed by atoms with Gasteiger partial charge in [-0.15, -0.1) is 0 Å². The molecule has 2 atom stereocenters. The molecule has 5 rings (SSSR count). The zero-order valence-electron chi connectivity index (χ0n) is 18.8. The van der Waals surface area contributed by atoms with Crippen LogP contribution in [0.25, 0.3) is 0 Å². The first-order valence-electron chi connectivity index (χ1n) is 11.2. The summed E-state index contributed by atoms with van der Waals surface area (Å²) < 4.78 is 1.81. The Hall–Kier alpha value is -2.92. The molecule has 3 aromatic rings. The van der Waals surface area contributed by atoms with Gasteiger partial charge in [-0.2, -0.15) is 5.10 Å². The molecule has 0 spiro atoms. The van der Waals surface area contributed by atoms with Crippen LogP contribution in [-0.2, 0) is 7.05 Å². The molecule has 1 saturated carbocycles. The van der Waals surface area contributed by atoms with Gasteiger partial charge in [0.05, 0.1) is 11.4 Å². The maximum absolute atomic E-state index is 4.50. The molecule has 1 aliphatic heterocycles. The number of hydrogen-bond acceptors (Lipinski definition) is 4. The van der Waals surface area contributed by atoms with Crippen molar-refractivity contribution >= 4 is 29.0 Å². The van der Waals surface area contributed by atoms with Gasteiger partial charge < -0.3 is 10.2 Å². The van der Waals surface area contributed by atoms with Crippen LogP contribution in [0.3, 0.4) is 0 Å². The number of nitrogens with zero attached hydrogens (tertiary/aromatic N) is 3. The average molecular weight is 443 g/mol. The summed E-state index contributed by atoms with van der Waals surface area (Å²) in [5, 5.41) is 7.98. The first-order chi connectivity index (χ1) is 15.5. The molecule has 0 radical (unpaired) electrons. The second-order valence-electron chi connectivity index (χ2n) is 9.03. The van der Waals surface area contributed by atoms with Crippen LogP contribution in [0.15, 0.2) is 88.9 Å². The maximum atomic E-state index is 4.50. The first-order valence-corrected chi connectivity index (χ1v) is 12.1. The van der Waals surface area contributed by atoms with E-state index in [0.717, 1.165) is 30.8 Å². The van der Waals surface area contributed by atoms with Crippen molar-refractivity contribution in [2.24, 2.45) is 13.0 Å². The number of nitrogens with one attached hydrogen (secondary N) is 1. The zero-order chi connectivity index (χ0) is 22.2. The van der Waals surface area contributed by atoms with Gasteiger partial charge in [0.15, 0.2) is 5.82 Å². The third-order valence-electron chi connectivity index (χ3n) is 6.67. The minimum Gasteiger partial charge on any atom is -0.343 e. The lowest BCUT2D eigenvalue weighted by molar-refractivity contribution is 0.476. The van der Waals surface area contributed by atoms with Crippen molar-refractivity contribution in [1.29, 1.82) is 0 Å². The highest BCUT2D eigenvalue weighted by atomic mass is 32.2. The van der Waals surface area contributed by atoms with E-state index in [-0.39, 0.29) is 5.92 Å². The molecule has 2 aliphatic rings. The van der Waals surface area contributed by atoms with Crippen LogP contribution >= 0.6 is 11.8 Å². The highest BCUT2D eigenvalue weighted by Gasteiger charge is 2.27. The Kier molecular flexibility index (Phi) is 5.60. The fourth-order valence-corrected chi connectivity index (χ4v) is 6.07. The monoisotopic (exact) mass is 442 g/mol. The van der Waals surface area contributed by atoms with Crippen molar-refractivity contribution in [3.8, 4) is 0 Å². The minimum absolute atomic E-state index is 0.216. The lowest BCUT2D eigenvalue weighted by Crippen LogP contribution is -2.17. The largest absolute Gasteiger partial charge is 0.343 e. The van der Waals surface area contributed by atoms with Gasteiger partial charge in [0, 0.05) is 47.8 Å². The van der Waals surface area contributed by atoms with Crippen LogP contribution in [0.5, 0.6) is 0 Å². The standard InChI is InChI=1S/C27H30N4S/c1-18-9-10-20(15-18)16-22(19(2)28-27-13-14-30(3)29-27)21-11-12-26-24(17-21)31(4)23-7-5-6-8-25(23)32-26/h5-8,11-14,17,20,22H,1-2,9-10,15-16H2,3-4H3,(H,28,29). The Balaban J connectivity index is 1.46. The Labute approximate surface area is 195 Å². The van der Waals surface area contributed by atoms with Crippen molar-refractivity contribution in [2.75, 3.05) is 17.3 Å². The zero-order valence-corrected chi connectivity index (χ0v) is 19.7. The third-order valence-corrected chi connectivity index (χ3v) is 7.80. The maximum Gasteiger partial charge on any atom is 0.152 e. The van der Waals surface area contributed by atoms with Crippen LogP contribution in [0.1, 0.15) is 37.2 Å². The summed E-state index contributed by atoms with van der Waals surface area (Å²) >= 11 is 1.85. The molecule has 164 valence electrons. The quantitative estimate of drug-likeness (QED) is 0.412. The molecule has 0 bridgehead atoms. The number of rotatable bonds is 6.